The van der Waals surface area contributed by atoms with Crippen LogP contribution in [-0.2, 0) is 0 Å². The van der Waals surface area contributed by atoms with Gasteiger partial charge < -0.3 is 10.6 Å². The van der Waals surface area contributed by atoms with Crippen LogP contribution < -0.4 is 10.6 Å². The monoisotopic (exact) mass is 182 g/mol. The molecule has 2 aliphatic carbocycles. The van der Waals surface area contributed by atoms with Crippen LogP contribution >= 0.6 is 0 Å². The predicted octanol–water partition coefficient (Wildman–Crippen LogP) is 1.64. The van der Waals surface area contributed by atoms with Crippen molar-refractivity contribution in [2.75, 3.05) is 6.54 Å². The number of nitrogens with one attached hydrogen (secondary N) is 2. The zero-order valence-electron chi connectivity index (χ0n) is 8.23. The molecule has 13 heavy (non-hydrogen) atoms. The largest absolute Gasteiger partial charge is 0.338 e. The van der Waals surface area contributed by atoms with Crippen LogP contribution in [-0.4, -0.2) is 18.6 Å². The van der Waals surface area contributed by atoms with E-state index in [0.29, 0.717) is 11.5 Å². The third-order valence-electron chi connectivity index (χ3n) is 3.22. The molecular formula is C10H18N2O. The fraction of sp³-hybridized carbons (Fsp3) is 0.900. The van der Waals surface area contributed by atoms with E-state index in [1.54, 1.807) is 0 Å². The number of carbonyl (C=O) groups is 1. The molecule has 0 aromatic rings. The molecule has 0 aliphatic heterocycles. The first kappa shape index (κ1) is 8.85. The van der Waals surface area contributed by atoms with Crippen LogP contribution in [0, 0.1) is 5.41 Å². The second-order valence-electron chi connectivity index (χ2n) is 4.77. The molecule has 0 radical (unpaired) electrons. The summed E-state index contributed by atoms with van der Waals surface area (Å²) in [5.41, 5.74) is 0.414. The molecule has 0 bridgehead atoms. The van der Waals surface area contributed by atoms with Gasteiger partial charge in [0.15, 0.2) is 0 Å². The van der Waals surface area contributed by atoms with Crippen LogP contribution in [0.3, 0.4) is 0 Å². The molecule has 2 saturated carbocycles. The van der Waals surface area contributed by atoms with Crippen molar-refractivity contribution in [3.63, 3.8) is 0 Å². The zero-order chi connectivity index (χ0) is 9.31. The van der Waals surface area contributed by atoms with Crippen molar-refractivity contribution in [1.82, 2.24) is 10.6 Å². The Balaban J connectivity index is 1.60. The van der Waals surface area contributed by atoms with E-state index < -0.39 is 0 Å². The van der Waals surface area contributed by atoms with E-state index in [4.69, 9.17) is 0 Å². The minimum absolute atomic E-state index is 0.0258. The molecule has 3 nitrogen and oxygen atoms in total. The van der Waals surface area contributed by atoms with Gasteiger partial charge in [0.25, 0.3) is 0 Å². The fourth-order valence-electron chi connectivity index (χ4n) is 1.47. The Kier molecular flexibility index (Phi) is 2.18. The summed E-state index contributed by atoms with van der Waals surface area (Å²) in [6.07, 6.45) is 6.10. The van der Waals surface area contributed by atoms with E-state index >= 15 is 0 Å². The molecule has 0 spiro atoms. The number of rotatable bonds is 3. The maximum atomic E-state index is 11.3. The van der Waals surface area contributed by atoms with Gasteiger partial charge in [-0.3, -0.25) is 0 Å². The van der Waals surface area contributed by atoms with Gasteiger partial charge in [0.05, 0.1) is 0 Å². The average molecular weight is 182 g/mol. The summed E-state index contributed by atoms with van der Waals surface area (Å²) >= 11 is 0. The molecule has 0 aromatic heterocycles. The van der Waals surface area contributed by atoms with Crippen LogP contribution in [0.5, 0.6) is 0 Å². The minimum atomic E-state index is 0.0258. The highest BCUT2D eigenvalue weighted by atomic mass is 16.2. The first-order valence-corrected chi connectivity index (χ1v) is 5.22. The lowest BCUT2D eigenvalue weighted by Crippen LogP contribution is -2.46. The van der Waals surface area contributed by atoms with E-state index in [-0.39, 0.29) is 6.03 Å². The fourth-order valence-corrected chi connectivity index (χ4v) is 1.47. The summed E-state index contributed by atoms with van der Waals surface area (Å²) < 4.78 is 0. The smallest absolute Gasteiger partial charge is 0.315 e. The van der Waals surface area contributed by atoms with Gasteiger partial charge in [-0.05, 0) is 37.5 Å². The zero-order valence-corrected chi connectivity index (χ0v) is 8.23. The van der Waals surface area contributed by atoms with E-state index in [1.165, 1.54) is 19.3 Å². The first-order chi connectivity index (χ1) is 6.18. The molecule has 2 amide bonds. The molecule has 2 aliphatic rings. The molecule has 2 N–H and O–H groups in total. The number of urea groups is 1. The normalized spacial score (nSPS) is 24.7. The maximum Gasteiger partial charge on any atom is 0.315 e. The minimum Gasteiger partial charge on any atom is -0.338 e. The highest BCUT2D eigenvalue weighted by molar-refractivity contribution is 5.74. The molecule has 0 heterocycles. The van der Waals surface area contributed by atoms with Crippen LogP contribution in [0.4, 0.5) is 4.79 Å². The summed E-state index contributed by atoms with van der Waals surface area (Å²) in [6.45, 7) is 3.06. The van der Waals surface area contributed by atoms with Gasteiger partial charge in [0, 0.05) is 12.6 Å². The van der Waals surface area contributed by atoms with E-state index in [0.717, 1.165) is 19.4 Å². The van der Waals surface area contributed by atoms with Crippen molar-refractivity contribution >= 4 is 6.03 Å². The summed E-state index contributed by atoms with van der Waals surface area (Å²) in [7, 11) is 0. The summed E-state index contributed by atoms with van der Waals surface area (Å²) in [5, 5.41) is 5.90. The molecule has 0 saturated heterocycles. The Morgan fingerprint density at radius 1 is 1.46 bits per heavy atom. The molecule has 2 fully saturated rings. The highest BCUT2D eigenvalue weighted by Gasteiger charge is 2.37. The molecular weight excluding hydrogens is 164 g/mol. The Bertz CT molecular complexity index is 207. The second-order valence-corrected chi connectivity index (χ2v) is 4.77. The molecule has 0 atom stereocenters. The van der Waals surface area contributed by atoms with E-state index in [9.17, 15) is 4.79 Å². The predicted molar refractivity (Wildman–Crippen MR) is 51.5 cm³/mol. The van der Waals surface area contributed by atoms with Gasteiger partial charge >= 0.3 is 6.03 Å². The van der Waals surface area contributed by atoms with Crippen molar-refractivity contribution in [1.29, 1.82) is 0 Å². The summed E-state index contributed by atoms with van der Waals surface area (Å²) in [4.78, 5) is 11.3. The lowest BCUT2D eigenvalue weighted by Gasteiger charge is -2.26. The van der Waals surface area contributed by atoms with Crippen LogP contribution in [0.25, 0.3) is 0 Å². The van der Waals surface area contributed by atoms with Crippen molar-refractivity contribution in [2.24, 2.45) is 5.41 Å². The summed E-state index contributed by atoms with van der Waals surface area (Å²) in [6, 6.07) is 0.477. The quantitative estimate of drug-likeness (QED) is 0.684. The molecule has 74 valence electrons. The molecule has 0 unspecified atom stereocenters. The first-order valence-electron chi connectivity index (χ1n) is 5.22. The van der Waals surface area contributed by atoms with E-state index in [1.807, 2.05) is 0 Å². The Labute approximate surface area is 79.3 Å². The third kappa shape index (κ3) is 2.36. The standard InChI is InChI=1S/C10H18N2O/c1-10(5-6-10)7-11-9(13)12-8-3-2-4-8/h8H,2-7H2,1H3,(H2,11,12,13). The second kappa shape index (κ2) is 3.20. The summed E-state index contributed by atoms with van der Waals surface area (Å²) in [5.74, 6) is 0. The lowest BCUT2D eigenvalue weighted by atomic mass is 9.93. The number of hydrogen-bond donors (Lipinski definition) is 2. The number of carbonyl (C=O) groups excluding carboxylic acids is 1. The van der Waals surface area contributed by atoms with Gasteiger partial charge in [-0.2, -0.15) is 0 Å². The SMILES string of the molecule is CC1(CNC(=O)NC2CCC2)CC1. The molecule has 3 heteroatoms. The van der Waals surface area contributed by atoms with Crippen LogP contribution in [0.15, 0.2) is 0 Å². The van der Waals surface area contributed by atoms with Crippen molar-refractivity contribution in [3.8, 4) is 0 Å². The van der Waals surface area contributed by atoms with Gasteiger partial charge in [-0.1, -0.05) is 6.92 Å². The molecule has 0 aromatic carbocycles. The average Bonchev–Trinajstić information content (AvgIpc) is 2.74. The number of hydrogen-bond acceptors (Lipinski definition) is 1. The highest BCUT2D eigenvalue weighted by Crippen LogP contribution is 2.43. The molecule has 2 rings (SSSR count). The third-order valence-corrected chi connectivity index (χ3v) is 3.22. The number of amides is 2. The van der Waals surface area contributed by atoms with Crippen molar-refractivity contribution < 1.29 is 4.79 Å². The maximum absolute atomic E-state index is 11.3. The van der Waals surface area contributed by atoms with Crippen LogP contribution in [0.1, 0.15) is 39.0 Å². The van der Waals surface area contributed by atoms with E-state index in [2.05, 4.69) is 17.6 Å². The van der Waals surface area contributed by atoms with Gasteiger partial charge in [0.1, 0.15) is 0 Å². The van der Waals surface area contributed by atoms with Gasteiger partial charge in [-0.25, -0.2) is 4.79 Å². The van der Waals surface area contributed by atoms with Crippen molar-refractivity contribution in [3.05, 3.63) is 0 Å². The lowest BCUT2D eigenvalue weighted by molar-refractivity contribution is 0.226. The topological polar surface area (TPSA) is 41.1 Å². The van der Waals surface area contributed by atoms with Crippen LogP contribution in [0.2, 0.25) is 0 Å². The Morgan fingerprint density at radius 2 is 2.15 bits per heavy atom. The van der Waals surface area contributed by atoms with Crippen molar-refractivity contribution in [2.45, 2.75) is 45.1 Å². The Morgan fingerprint density at radius 3 is 2.62 bits per heavy atom. The van der Waals surface area contributed by atoms with Gasteiger partial charge in [0.2, 0.25) is 0 Å². The Hall–Kier alpha value is -0.730. The van der Waals surface area contributed by atoms with Gasteiger partial charge in [-0.15, -0.1) is 0 Å².